The summed E-state index contributed by atoms with van der Waals surface area (Å²) in [5, 5.41) is 10.6. The van der Waals surface area contributed by atoms with Crippen LogP contribution in [0.25, 0.3) is 0 Å². The van der Waals surface area contributed by atoms with E-state index in [1.54, 1.807) is 0 Å². The molecule has 6 nitrogen and oxygen atoms in total. The van der Waals surface area contributed by atoms with Gasteiger partial charge in [0.25, 0.3) is 0 Å². The molecule has 0 aromatic carbocycles. The monoisotopic (exact) mass is 276 g/mol. The quantitative estimate of drug-likeness (QED) is 0.611. The first-order valence-corrected chi connectivity index (χ1v) is 5.67. The lowest BCUT2D eigenvalue weighted by atomic mass is 9.96. The van der Waals surface area contributed by atoms with E-state index in [-0.39, 0.29) is 37.7 Å². The molecule has 0 saturated carbocycles. The molecule has 0 N–H and O–H groups in total. The van der Waals surface area contributed by atoms with Gasteiger partial charge in [0.15, 0.2) is 0 Å². The molecule has 1 fully saturated rings. The maximum atomic E-state index is 12.5. The van der Waals surface area contributed by atoms with Gasteiger partial charge in [-0.25, -0.2) is 0 Å². The molecule has 0 radical (unpaired) electrons. The molecule has 2 rings (SSSR count). The zero-order chi connectivity index (χ0) is 14.0. The number of halogens is 3. The van der Waals surface area contributed by atoms with Crippen molar-refractivity contribution in [3.63, 3.8) is 0 Å². The molecule has 19 heavy (non-hydrogen) atoms. The van der Waals surface area contributed by atoms with Gasteiger partial charge in [-0.15, -0.1) is 0 Å². The van der Waals surface area contributed by atoms with Crippen molar-refractivity contribution in [3.8, 4) is 0 Å². The third-order valence-electron chi connectivity index (χ3n) is 3.06. The average molecular weight is 276 g/mol. The lowest BCUT2D eigenvalue weighted by Gasteiger charge is -2.31. The van der Waals surface area contributed by atoms with Gasteiger partial charge in [0.1, 0.15) is 0 Å². The fraction of sp³-hybridized carbons (Fsp3) is 0.600. The van der Waals surface area contributed by atoms with Crippen LogP contribution in [0.5, 0.6) is 0 Å². The van der Waals surface area contributed by atoms with Crippen molar-refractivity contribution >= 4 is 11.8 Å². The molecule has 0 bridgehead atoms. The number of alkyl halides is 3. The lowest BCUT2D eigenvalue weighted by molar-refractivity contribution is -0.389. The maximum absolute atomic E-state index is 12.5. The Morgan fingerprint density at radius 2 is 2.00 bits per heavy atom. The zero-order valence-corrected chi connectivity index (χ0v) is 9.80. The molecule has 0 aliphatic carbocycles. The highest BCUT2D eigenvalue weighted by molar-refractivity contribution is 5.34. The number of hydrogen-bond donors (Lipinski definition) is 0. The molecular weight excluding hydrogens is 265 g/mol. The Morgan fingerprint density at radius 3 is 2.53 bits per heavy atom. The van der Waals surface area contributed by atoms with Crippen LogP contribution < -0.4 is 4.90 Å². The highest BCUT2D eigenvalue weighted by atomic mass is 19.4. The van der Waals surface area contributed by atoms with Crippen LogP contribution in [0.15, 0.2) is 12.3 Å². The minimum absolute atomic E-state index is 0.0461. The van der Waals surface area contributed by atoms with Gasteiger partial charge in [-0.1, -0.05) is 0 Å². The average Bonchev–Trinajstić information content (AvgIpc) is 2.38. The molecule has 9 heteroatoms. The second-order valence-electron chi connectivity index (χ2n) is 4.27. The van der Waals surface area contributed by atoms with Gasteiger partial charge in [-0.05, 0) is 17.8 Å². The molecule has 1 aliphatic rings. The van der Waals surface area contributed by atoms with E-state index in [9.17, 15) is 23.3 Å². The summed E-state index contributed by atoms with van der Waals surface area (Å²) in [6, 6.07) is 1.14. The van der Waals surface area contributed by atoms with Gasteiger partial charge in [0.05, 0.1) is 12.0 Å². The van der Waals surface area contributed by atoms with E-state index in [0.29, 0.717) is 0 Å². The van der Waals surface area contributed by atoms with Crippen molar-refractivity contribution in [2.75, 3.05) is 18.0 Å². The zero-order valence-electron chi connectivity index (χ0n) is 9.80. The summed E-state index contributed by atoms with van der Waals surface area (Å²) < 4.78 is 37.5. The van der Waals surface area contributed by atoms with Crippen LogP contribution in [0.4, 0.5) is 24.9 Å². The summed E-state index contributed by atoms with van der Waals surface area (Å²) in [4.78, 5) is 19.0. The van der Waals surface area contributed by atoms with Crippen molar-refractivity contribution in [2.24, 2.45) is 5.92 Å². The molecule has 2 heterocycles. The lowest BCUT2D eigenvalue weighted by Crippen LogP contribution is -2.39. The standard InChI is InChI=1S/C10H11F3N4O2/c11-10(12,13)7-2-5-16(6-3-7)9-14-4-1-8(15-9)17(18)19/h1,4,7H,2-3,5-6H2. The highest BCUT2D eigenvalue weighted by Crippen LogP contribution is 2.34. The van der Waals surface area contributed by atoms with E-state index >= 15 is 0 Å². The highest BCUT2D eigenvalue weighted by Gasteiger charge is 2.41. The van der Waals surface area contributed by atoms with Gasteiger partial charge in [-0.2, -0.15) is 18.2 Å². The Bertz CT molecular complexity index is 472. The molecule has 0 amide bonds. The maximum Gasteiger partial charge on any atom is 0.391 e. The topological polar surface area (TPSA) is 72.2 Å². The molecule has 1 aromatic heterocycles. The van der Waals surface area contributed by atoms with Crippen LogP contribution >= 0.6 is 0 Å². The smallest absolute Gasteiger partial charge is 0.358 e. The Labute approximate surface area is 106 Å². The van der Waals surface area contributed by atoms with E-state index < -0.39 is 17.0 Å². The number of hydrogen-bond acceptors (Lipinski definition) is 5. The SMILES string of the molecule is O=[N+]([O-])c1ccnc(N2CCC(C(F)(F)F)CC2)n1. The van der Waals surface area contributed by atoms with Crippen LogP contribution in [0.2, 0.25) is 0 Å². The first-order valence-electron chi connectivity index (χ1n) is 5.67. The van der Waals surface area contributed by atoms with Crippen LogP contribution in [0, 0.1) is 16.0 Å². The molecule has 104 valence electrons. The van der Waals surface area contributed by atoms with E-state index in [1.807, 2.05) is 0 Å². The third-order valence-corrected chi connectivity index (χ3v) is 3.06. The minimum Gasteiger partial charge on any atom is -0.358 e. The van der Waals surface area contributed by atoms with Crippen LogP contribution in [0.3, 0.4) is 0 Å². The molecule has 0 atom stereocenters. The van der Waals surface area contributed by atoms with Crippen molar-refractivity contribution < 1.29 is 18.1 Å². The number of aromatic nitrogens is 2. The summed E-state index contributed by atoms with van der Waals surface area (Å²) in [5.74, 6) is -1.57. The Morgan fingerprint density at radius 1 is 1.37 bits per heavy atom. The van der Waals surface area contributed by atoms with E-state index in [1.165, 1.54) is 11.1 Å². The number of nitrogens with zero attached hydrogens (tertiary/aromatic N) is 4. The van der Waals surface area contributed by atoms with Crippen molar-refractivity contribution in [2.45, 2.75) is 19.0 Å². The van der Waals surface area contributed by atoms with Crippen molar-refractivity contribution in [1.82, 2.24) is 9.97 Å². The van der Waals surface area contributed by atoms with Gasteiger partial charge >= 0.3 is 17.9 Å². The van der Waals surface area contributed by atoms with Crippen LogP contribution in [0.1, 0.15) is 12.8 Å². The largest absolute Gasteiger partial charge is 0.391 e. The molecular formula is C10H11F3N4O2. The molecule has 0 unspecified atom stereocenters. The van der Waals surface area contributed by atoms with E-state index in [2.05, 4.69) is 9.97 Å². The fourth-order valence-corrected chi connectivity index (χ4v) is 2.00. The van der Waals surface area contributed by atoms with Crippen molar-refractivity contribution in [1.29, 1.82) is 0 Å². The number of rotatable bonds is 2. The molecule has 0 spiro atoms. The third kappa shape index (κ3) is 3.09. The summed E-state index contributed by atoms with van der Waals surface area (Å²) in [7, 11) is 0. The summed E-state index contributed by atoms with van der Waals surface area (Å²) >= 11 is 0. The Kier molecular flexibility index (Phi) is 3.54. The summed E-state index contributed by atoms with van der Waals surface area (Å²) in [5.41, 5.74) is 0. The normalized spacial score (nSPS) is 17.5. The summed E-state index contributed by atoms with van der Waals surface area (Å²) in [6.07, 6.45) is -3.04. The van der Waals surface area contributed by atoms with Gasteiger partial charge in [-0.3, -0.25) is 0 Å². The second-order valence-corrected chi connectivity index (χ2v) is 4.27. The molecule has 1 aromatic rings. The first-order chi connectivity index (χ1) is 8.88. The van der Waals surface area contributed by atoms with Gasteiger partial charge in [0.2, 0.25) is 0 Å². The van der Waals surface area contributed by atoms with Gasteiger partial charge < -0.3 is 15.0 Å². The molecule has 1 saturated heterocycles. The number of anilines is 1. The van der Waals surface area contributed by atoms with Crippen LogP contribution in [-0.2, 0) is 0 Å². The first kappa shape index (κ1) is 13.5. The van der Waals surface area contributed by atoms with E-state index in [0.717, 1.165) is 6.07 Å². The predicted molar refractivity (Wildman–Crippen MR) is 59.7 cm³/mol. The minimum atomic E-state index is -4.18. The second kappa shape index (κ2) is 4.98. The van der Waals surface area contributed by atoms with Crippen LogP contribution in [-0.4, -0.2) is 34.2 Å². The van der Waals surface area contributed by atoms with E-state index in [4.69, 9.17) is 0 Å². The molecule has 1 aliphatic heterocycles. The fourth-order valence-electron chi connectivity index (χ4n) is 2.00. The Balaban J connectivity index is 2.05. The summed E-state index contributed by atoms with van der Waals surface area (Å²) in [6.45, 7) is 0.288. The number of nitro groups is 1. The predicted octanol–water partition coefficient (Wildman–Crippen LogP) is 2.16. The van der Waals surface area contributed by atoms with Gasteiger partial charge in [0, 0.05) is 24.3 Å². The number of piperidine rings is 1. The van der Waals surface area contributed by atoms with Crippen molar-refractivity contribution in [3.05, 3.63) is 22.4 Å². The Hall–Kier alpha value is -1.93.